The highest BCUT2D eigenvalue weighted by molar-refractivity contribution is 7.92. The molecule has 3 aromatic carbocycles. The number of carbonyl (C=O) groups is 2. The molecule has 1 N–H and O–H groups in total. The molecule has 0 radical (unpaired) electrons. The van der Waals surface area contributed by atoms with E-state index < -0.39 is 28.5 Å². The van der Waals surface area contributed by atoms with Crippen LogP contribution < -0.4 is 14.4 Å². The SMILES string of the molecule is COc1ccccc1N(CC(=O)N(Cc1ccc(Cl)cc1Cl)C(Cc1ccccc1)C(=O)NC1CCCCC1)S(C)(=O)=O. The molecule has 4 rings (SSSR count). The van der Waals surface area contributed by atoms with Gasteiger partial charge in [-0.15, -0.1) is 0 Å². The van der Waals surface area contributed by atoms with Crippen LogP contribution in [0.5, 0.6) is 5.75 Å². The van der Waals surface area contributed by atoms with E-state index >= 15 is 0 Å². The first-order valence-electron chi connectivity index (χ1n) is 14.2. The zero-order valence-electron chi connectivity index (χ0n) is 24.3. The van der Waals surface area contributed by atoms with Gasteiger partial charge in [0.05, 0.1) is 19.1 Å². The van der Waals surface area contributed by atoms with E-state index in [2.05, 4.69) is 5.32 Å². The largest absolute Gasteiger partial charge is 0.495 e. The van der Waals surface area contributed by atoms with Crippen LogP contribution in [0, 0.1) is 0 Å². The first-order chi connectivity index (χ1) is 20.6. The normalized spacial score (nSPS) is 14.5. The van der Waals surface area contributed by atoms with Crippen molar-refractivity contribution in [2.24, 2.45) is 0 Å². The Bertz CT molecular complexity index is 1510. The van der Waals surface area contributed by atoms with Crippen LogP contribution in [0.25, 0.3) is 0 Å². The Morgan fingerprint density at radius 3 is 2.30 bits per heavy atom. The predicted octanol–water partition coefficient (Wildman–Crippen LogP) is 5.86. The average molecular weight is 647 g/mol. The van der Waals surface area contributed by atoms with Crippen LogP contribution in [0.15, 0.2) is 72.8 Å². The summed E-state index contributed by atoms with van der Waals surface area (Å²) in [4.78, 5) is 29.8. The number of nitrogens with zero attached hydrogens (tertiary/aromatic N) is 2. The molecule has 1 saturated carbocycles. The van der Waals surface area contributed by atoms with E-state index in [0.717, 1.165) is 48.2 Å². The summed E-state index contributed by atoms with van der Waals surface area (Å²) >= 11 is 12.7. The molecule has 0 spiro atoms. The number of nitrogens with one attached hydrogen (secondary N) is 1. The molecule has 2 amide bonds. The fraction of sp³-hybridized carbons (Fsp3) is 0.375. The van der Waals surface area contributed by atoms with Crippen LogP contribution in [-0.4, -0.2) is 57.1 Å². The van der Waals surface area contributed by atoms with Crippen LogP contribution in [0.1, 0.15) is 43.2 Å². The zero-order valence-corrected chi connectivity index (χ0v) is 26.7. The minimum atomic E-state index is -3.93. The minimum Gasteiger partial charge on any atom is -0.495 e. The van der Waals surface area contributed by atoms with Crippen molar-refractivity contribution in [2.45, 2.75) is 57.2 Å². The van der Waals surface area contributed by atoms with Gasteiger partial charge in [0.1, 0.15) is 18.3 Å². The standard InChI is InChI=1S/C32H37Cl2N3O5S/c1-42-30-16-10-9-15-28(30)37(43(2,40)41)22-31(38)36(21-24-17-18-25(33)20-27(24)34)29(19-23-11-5-3-6-12-23)32(39)35-26-13-7-4-8-14-26/h3,5-6,9-12,15-18,20,26,29H,4,7-8,13-14,19,21-22H2,1-2H3,(H,35,39). The highest BCUT2D eigenvalue weighted by Crippen LogP contribution is 2.30. The van der Waals surface area contributed by atoms with E-state index in [4.69, 9.17) is 27.9 Å². The average Bonchev–Trinajstić information content (AvgIpc) is 2.99. The monoisotopic (exact) mass is 645 g/mol. The van der Waals surface area contributed by atoms with Crippen molar-refractivity contribution in [2.75, 3.05) is 24.2 Å². The Morgan fingerprint density at radius 2 is 1.65 bits per heavy atom. The number of methoxy groups -OCH3 is 1. The van der Waals surface area contributed by atoms with Crippen molar-refractivity contribution in [3.63, 3.8) is 0 Å². The Hall–Kier alpha value is -3.27. The number of ether oxygens (including phenoxy) is 1. The topological polar surface area (TPSA) is 96.0 Å². The second kappa shape index (κ2) is 14.9. The molecular formula is C32H37Cl2N3O5S. The van der Waals surface area contributed by atoms with Gasteiger partial charge in [0.2, 0.25) is 21.8 Å². The summed E-state index contributed by atoms with van der Waals surface area (Å²) in [5.74, 6) is -0.566. The molecule has 1 unspecified atom stereocenters. The van der Waals surface area contributed by atoms with Gasteiger partial charge in [-0.05, 0) is 48.2 Å². The molecular weight excluding hydrogens is 609 g/mol. The van der Waals surface area contributed by atoms with E-state index in [-0.39, 0.29) is 30.6 Å². The minimum absolute atomic E-state index is 0.0108. The molecule has 0 bridgehead atoms. The molecule has 1 aliphatic rings. The van der Waals surface area contributed by atoms with Gasteiger partial charge >= 0.3 is 0 Å². The summed E-state index contributed by atoms with van der Waals surface area (Å²) < 4.78 is 32.5. The molecule has 0 aromatic heterocycles. The van der Waals surface area contributed by atoms with Gasteiger partial charge in [0, 0.05) is 29.1 Å². The Kier molecular flexibility index (Phi) is 11.3. The van der Waals surface area contributed by atoms with Crippen molar-refractivity contribution in [3.05, 3.63) is 94.0 Å². The number of carbonyl (C=O) groups excluding carboxylic acids is 2. The van der Waals surface area contributed by atoms with Gasteiger partial charge in [-0.2, -0.15) is 0 Å². The molecule has 43 heavy (non-hydrogen) atoms. The third kappa shape index (κ3) is 8.87. The number of sulfonamides is 1. The van der Waals surface area contributed by atoms with Gasteiger partial charge in [-0.25, -0.2) is 8.42 Å². The number of hydrogen-bond acceptors (Lipinski definition) is 5. The number of amides is 2. The highest BCUT2D eigenvalue weighted by Gasteiger charge is 2.35. The van der Waals surface area contributed by atoms with Crippen LogP contribution >= 0.6 is 23.2 Å². The Morgan fingerprint density at radius 1 is 0.977 bits per heavy atom. The van der Waals surface area contributed by atoms with Crippen LogP contribution in [0.2, 0.25) is 10.0 Å². The van der Waals surface area contributed by atoms with E-state index in [9.17, 15) is 18.0 Å². The molecule has 8 nitrogen and oxygen atoms in total. The fourth-order valence-electron chi connectivity index (χ4n) is 5.36. The first kappa shape index (κ1) is 32.6. The lowest BCUT2D eigenvalue weighted by Gasteiger charge is -2.35. The van der Waals surface area contributed by atoms with Gasteiger partial charge in [0.15, 0.2) is 0 Å². The molecule has 230 valence electrons. The first-order valence-corrected chi connectivity index (χ1v) is 16.9. The number of para-hydroxylation sites is 2. The van der Waals surface area contributed by atoms with E-state index in [1.807, 2.05) is 30.3 Å². The van der Waals surface area contributed by atoms with Crippen molar-refractivity contribution < 1.29 is 22.7 Å². The maximum absolute atomic E-state index is 14.3. The van der Waals surface area contributed by atoms with Crippen LogP contribution in [0.3, 0.4) is 0 Å². The van der Waals surface area contributed by atoms with Crippen molar-refractivity contribution in [3.8, 4) is 5.75 Å². The molecule has 0 heterocycles. The number of benzene rings is 3. The summed E-state index contributed by atoms with van der Waals surface area (Å²) in [6, 6.07) is 20.0. The van der Waals surface area contributed by atoms with Gasteiger partial charge in [0.25, 0.3) is 0 Å². The summed E-state index contributed by atoms with van der Waals surface area (Å²) in [6.07, 6.45) is 6.18. The molecule has 0 aliphatic heterocycles. The maximum Gasteiger partial charge on any atom is 0.244 e. The van der Waals surface area contributed by atoms with Gasteiger partial charge in [-0.1, -0.05) is 91.0 Å². The van der Waals surface area contributed by atoms with Gasteiger partial charge in [-0.3, -0.25) is 13.9 Å². The van der Waals surface area contributed by atoms with Crippen molar-refractivity contribution >= 4 is 50.7 Å². The lowest BCUT2D eigenvalue weighted by atomic mass is 9.94. The summed E-state index contributed by atoms with van der Waals surface area (Å²) in [7, 11) is -2.50. The molecule has 11 heteroatoms. The second-order valence-corrected chi connectivity index (χ2v) is 13.5. The number of anilines is 1. The van der Waals surface area contributed by atoms with Crippen LogP contribution in [-0.2, 0) is 32.6 Å². The van der Waals surface area contributed by atoms with Crippen molar-refractivity contribution in [1.82, 2.24) is 10.2 Å². The molecule has 0 saturated heterocycles. The summed E-state index contributed by atoms with van der Waals surface area (Å²) in [5.41, 5.74) is 1.65. The molecule has 3 aromatic rings. The third-order valence-corrected chi connectivity index (χ3v) is 9.32. The van der Waals surface area contributed by atoms with E-state index in [1.54, 1.807) is 42.5 Å². The number of halogens is 2. The molecule has 1 fully saturated rings. The zero-order chi connectivity index (χ0) is 31.0. The third-order valence-electron chi connectivity index (χ3n) is 7.61. The predicted molar refractivity (Wildman–Crippen MR) is 171 cm³/mol. The molecule has 1 aliphatic carbocycles. The fourth-order valence-corrected chi connectivity index (χ4v) is 6.68. The lowest BCUT2D eigenvalue weighted by molar-refractivity contribution is -0.140. The maximum atomic E-state index is 14.3. The Labute approximate surface area is 264 Å². The number of hydrogen-bond donors (Lipinski definition) is 1. The summed E-state index contributed by atoms with van der Waals surface area (Å²) in [6.45, 7) is -0.583. The lowest BCUT2D eigenvalue weighted by Crippen LogP contribution is -2.55. The smallest absolute Gasteiger partial charge is 0.244 e. The second-order valence-electron chi connectivity index (χ2n) is 10.7. The Balaban J connectivity index is 1.76. The van der Waals surface area contributed by atoms with E-state index in [1.165, 1.54) is 12.0 Å². The quantitative estimate of drug-likeness (QED) is 0.266. The van der Waals surface area contributed by atoms with Gasteiger partial charge < -0.3 is 15.0 Å². The highest BCUT2D eigenvalue weighted by atomic mass is 35.5. The number of rotatable bonds is 12. The summed E-state index contributed by atoms with van der Waals surface area (Å²) in [5, 5.41) is 3.95. The van der Waals surface area contributed by atoms with Crippen LogP contribution in [0.4, 0.5) is 5.69 Å². The van der Waals surface area contributed by atoms with Crippen molar-refractivity contribution in [1.29, 1.82) is 0 Å². The molecule has 1 atom stereocenters. The van der Waals surface area contributed by atoms with E-state index in [0.29, 0.717) is 21.4 Å².